The van der Waals surface area contributed by atoms with E-state index in [9.17, 15) is 24.9 Å². The number of carbonyl (C=O) groups excluding carboxylic acids is 1. The Morgan fingerprint density at radius 3 is 2.52 bits per heavy atom. The van der Waals surface area contributed by atoms with Crippen molar-refractivity contribution in [1.82, 2.24) is 0 Å². The van der Waals surface area contributed by atoms with Gasteiger partial charge in [-0.15, -0.1) is 0 Å². The number of carbonyl (C=O) groups is 2. The van der Waals surface area contributed by atoms with Gasteiger partial charge in [0.15, 0.2) is 0 Å². The zero-order chi connectivity index (χ0) is 22.8. The van der Waals surface area contributed by atoms with Crippen LogP contribution in [0.2, 0.25) is 10.0 Å². The number of hydrogen-bond acceptors (Lipinski definition) is 6. The van der Waals surface area contributed by atoms with Gasteiger partial charge in [-0.05, 0) is 24.3 Å². The Kier molecular flexibility index (Phi) is 6.66. The van der Waals surface area contributed by atoms with Crippen LogP contribution in [0.5, 0.6) is 0 Å². The van der Waals surface area contributed by atoms with Gasteiger partial charge in [0.25, 0.3) is 5.76 Å². The molecule has 31 heavy (non-hydrogen) atoms. The molecule has 1 amide bonds. The summed E-state index contributed by atoms with van der Waals surface area (Å²) in [6.45, 7) is 0.137. The summed E-state index contributed by atoms with van der Waals surface area (Å²) in [4.78, 5) is 29.0. The Hall–Kier alpha value is -2.91. The molecule has 3 rings (SSSR count). The monoisotopic (exact) mass is 464 g/mol. The molecule has 0 bridgehead atoms. The number of likely N-dealkylation sites (N-methyl/N-ethyl adjacent to an activating group) is 1. The van der Waals surface area contributed by atoms with E-state index in [0.29, 0.717) is 26.9 Å². The molecule has 4 N–H and O–H groups in total. The maximum absolute atomic E-state index is 13.2. The Labute approximate surface area is 188 Å². The fraction of sp³-hybridized carbons (Fsp3) is 0.190. The van der Waals surface area contributed by atoms with Gasteiger partial charge in [0.05, 0.1) is 29.3 Å². The van der Waals surface area contributed by atoms with Crippen molar-refractivity contribution in [2.75, 3.05) is 25.5 Å². The topological polar surface area (TPSA) is 119 Å². The highest BCUT2D eigenvalue weighted by molar-refractivity contribution is 6.42. The van der Waals surface area contributed by atoms with E-state index in [0.717, 1.165) is 0 Å². The molecule has 162 valence electrons. The molecule has 0 fully saturated rings. The van der Waals surface area contributed by atoms with Crippen LogP contribution >= 0.6 is 23.2 Å². The predicted octanol–water partition coefficient (Wildman–Crippen LogP) is 3.19. The predicted molar refractivity (Wildman–Crippen MR) is 117 cm³/mol. The van der Waals surface area contributed by atoms with E-state index in [2.05, 4.69) is 10.3 Å². The van der Waals surface area contributed by atoms with Gasteiger partial charge in [0.2, 0.25) is 11.5 Å². The number of carboxylic acid groups (broad SMARTS) is 1. The maximum Gasteiger partial charge on any atom is 0.389 e. The number of benzene rings is 2. The first-order valence-corrected chi connectivity index (χ1v) is 9.99. The molecule has 0 aromatic heterocycles. The minimum atomic E-state index is -1.52. The number of aliphatic imine (C=N–C) groups is 1. The van der Waals surface area contributed by atoms with Gasteiger partial charge < -0.3 is 20.6 Å². The molecular formula is C21H20Cl2N3O5+. The molecule has 10 heteroatoms. The normalized spacial score (nSPS) is 18.7. The second-order valence-corrected chi connectivity index (χ2v) is 7.85. The number of halogens is 2. The van der Waals surface area contributed by atoms with E-state index < -0.39 is 27.8 Å². The first kappa shape index (κ1) is 22.8. The Balaban J connectivity index is 2.19. The van der Waals surface area contributed by atoms with Crippen LogP contribution in [0.25, 0.3) is 0 Å². The summed E-state index contributed by atoms with van der Waals surface area (Å²) in [6, 6.07) is 11.7. The number of nitrogens with one attached hydrogen (secondary N) is 1. The molecule has 1 heterocycles. The van der Waals surface area contributed by atoms with Crippen LogP contribution in [0.15, 0.2) is 58.9 Å². The van der Waals surface area contributed by atoms with Crippen molar-refractivity contribution >= 4 is 46.6 Å². The van der Waals surface area contributed by atoms with Crippen molar-refractivity contribution in [3.63, 3.8) is 0 Å². The molecule has 0 saturated carbocycles. The van der Waals surface area contributed by atoms with Crippen LogP contribution in [0.4, 0.5) is 5.69 Å². The quantitative estimate of drug-likeness (QED) is 0.467. The lowest BCUT2D eigenvalue weighted by Gasteiger charge is -2.34. The lowest BCUT2D eigenvalue weighted by molar-refractivity contribution is -0.754. The molecule has 1 aliphatic rings. The standard InChI is InChI=1S/C21H19Cl2N3O5/c1-26(11-12-6-7-14(22)15(23)10-12)19(25-17(21(30)31)18(28)20(26)29)13-4-2-3-5-16(13)24-8-9-27/h2-7,10,27H,8-9,11H2,1H3,(H2-,24,25,28,29,30,31)/p+1. The summed E-state index contributed by atoms with van der Waals surface area (Å²) in [5, 5.41) is 32.6. The third kappa shape index (κ3) is 4.42. The van der Waals surface area contributed by atoms with E-state index in [1.807, 2.05) is 0 Å². The Morgan fingerprint density at radius 1 is 1.16 bits per heavy atom. The molecule has 1 atom stereocenters. The highest BCUT2D eigenvalue weighted by Crippen LogP contribution is 2.32. The summed E-state index contributed by atoms with van der Waals surface area (Å²) in [7, 11) is 1.53. The SMILES string of the molecule is C[N+]1(Cc2ccc(Cl)c(Cl)c2)C(=O)C(O)=C(C(=O)O)N=C1c1ccccc1NCCO. The number of aliphatic hydroxyl groups excluding tert-OH is 2. The summed E-state index contributed by atoms with van der Waals surface area (Å²) < 4.78 is -0.543. The van der Waals surface area contributed by atoms with E-state index in [1.54, 1.807) is 42.5 Å². The highest BCUT2D eigenvalue weighted by atomic mass is 35.5. The van der Waals surface area contributed by atoms with Crippen molar-refractivity contribution in [1.29, 1.82) is 0 Å². The number of amidine groups is 1. The number of aliphatic carboxylic acids is 1. The van der Waals surface area contributed by atoms with Gasteiger partial charge in [0, 0.05) is 17.8 Å². The number of rotatable bonds is 7. The number of nitrogens with zero attached hydrogens (tertiary/aromatic N) is 2. The van der Waals surface area contributed by atoms with Gasteiger partial charge in [-0.1, -0.05) is 41.4 Å². The fourth-order valence-electron chi connectivity index (χ4n) is 3.35. The third-order valence-electron chi connectivity index (χ3n) is 4.84. The van der Waals surface area contributed by atoms with Crippen LogP contribution < -0.4 is 5.32 Å². The van der Waals surface area contributed by atoms with Crippen LogP contribution in [0, 0.1) is 0 Å². The summed E-state index contributed by atoms with van der Waals surface area (Å²) >= 11 is 12.1. The molecule has 0 aliphatic carbocycles. The van der Waals surface area contributed by atoms with Crippen LogP contribution in [0.3, 0.4) is 0 Å². The summed E-state index contributed by atoms with van der Waals surface area (Å²) in [6.07, 6.45) is 0. The smallest absolute Gasteiger partial charge is 0.389 e. The minimum absolute atomic E-state index is 0.0276. The van der Waals surface area contributed by atoms with E-state index in [-0.39, 0.29) is 25.5 Å². The van der Waals surface area contributed by atoms with Gasteiger partial charge in [0.1, 0.15) is 6.54 Å². The largest absolute Gasteiger partial charge is 0.498 e. The zero-order valence-electron chi connectivity index (χ0n) is 16.5. The number of amides is 1. The molecule has 0 saturated heterocycles. The van der Waals surface area contributed by atoms with Crippen LogP contribution in [-0.2, 0) is 16.1 Å². The number of aliphatic hydroxyl groups is 2. The molecule has 0 spiro atoms. The average molecular weight is 465 g/mol. The average Bonchev–Trinajstić information content (AvgIpc) is 2.73. The van der Waals surface area contributed by atoms with Crippen molar-refractivity contribution in [3.05, 3.63) is 75.1 Å². The minimum Gasteiger partial charge on any atom is -0.498 e. The van der Waals surface area contributed by atoms with Crippen LogP contribution in [0.1, 0.15) is 11.1 Å². The molecule has 0 radical (unpaired) electrons. The van der Waals surface area contributed by atoms with Gasteiger partial charge in [-0.25, -0.2) is 14.1 Å². The number of hydrogen-bond donors (Lipinski definition) is 4. The fourth-order valence-corrected chi connectivity index (χ4v) is 3.67. The van der Waals surface area contributed by atoms with E-state index in [1.165, 1.54) is 7.05 Å². The van der Waals surface area contributed by atoms with E-state index >= 15 is 0 Å². The summed E-state index contributed by atoms with van der Waals surface area (Å²) in [5.74, 6) is -3.16. The molecule has 8 nitrogen and oxygen atoms in total. The number of carboxylic acids is 1. The lowest BCUT2D eigenvalue weighted by atomic mass is 10.0. The lowest BCUT2D eigenvalue weighted by Crippen LogP contribution is -2.56. The third-order valence-corrected chi connectivity index (χ3v) is 5.58. The van der Waals surface area contributed by atoms with Gasteiger partial charge in [-0.3, -0.25) is 0 Å². The Bertz CT molecular complexity index is 1120. The second kappa shape index (κ2) is 9.07. The molecule has 1 aliphatic heterocycles. The van der Waals surface area contributed by atoms with Crippen molar-refractivity contribution in [2.24, 2.45) is 4.99 Å². The number of anilines is 1. The maximum atomic E-state index is 13.2. The summed E-state index contributed by atoms with van der Waals surface area (Å²) in [5.41, 5.74) is 0.901. The second-order valence-electron chi connectivity index (χ2n) is 7.04. The van der Waals surface area contributed by atoms with Gasteiger partial charge in [-0.2, -0.15) is 4.99 Å². The Morgan fingerprint density at radius 2 is 1.87 bits per heavy atom. The first-order valence-electron chi connectivity index (χ1n) is 9.23. The van der Waals surface area contributed by atoms with Crippen molar-refractivity contribution in [2.45, 2.75) is 6.54 Å². The zero-order valence-corrected chi connectivity index (χ0v) is 18.0. The molecule has 1 unspecified atom stereocenters. The number of quaternary nitrogens is 1. The highest BCUT2D eigenvalue weighted by Gasteiger charge is 2.48. The molecule has 2 aromatic carbocycles. The van der Waals surface area contributed by atoms with Crippen molar-refractivity contribution < 1.29 is 29.4 Å². The molecule has 2 aromatic rings. The van der Waals surface area contributed by atoms with Crippen molar-refractivity contribution in [3.8, 4) is 0 Å². The van der Waals surface area contributed by atoms with Crippen LogP contribution in [-0.4, -0.2) is 57.7 Å². The number of para-hydroxylation sites is 1. The molecular weight excluding hydrogens is 445 g/mol. The first-order chi connectivity index (χ1) is 14.7. The van der Waals surface area contributed by atoms with E-state index in [4.69, 9.17) is 23.2 Å². The van der Waals surface area contributed by atoms with Gasteiger partial charge >= 0.3 is 11.9 Å².